The van der Waals surface area contributed by atoms with Gasteiger partial charge < -0.3 is 5.21 Å². The lowest BCUT2D eigenvalue weighted by atomic mass is 10.2. The second kappa shape index (κ2) is 3.61. The van der Waals surface area contributed by atoms with Crippen molar-refractivity contribution >= 4 is 6.21 Å². The van der Waals surface area contributed by atoms with E-state index in [1.165, 1.54) is 6.21 Å². The number of rotatable bonds is 2. The minimum atomic E-state index is 0.652. The van der Waals surface area contributed by atoms with Crippen LogP contribution in [0.5, 0.6) is 0 Å². The molecule has 1 heterocycles. The normalized spacial score (nSPS) is 10.4. The summed E-state index contributed by atoms with van der Waals surface area (Å²) in [4.78, 5) is 3.85. The predicted octanol–water partition coefficient (Wildman–Crippen LogP) is 1.08. The first-order valence-electron chi connectivity index (χ1n) is 2.98. The summed E-state index contributed by atoms with van der Waals surface area (Å²) in [5, 5.41) is 11.0. The van der Waals surface area contributed by atoms with Crippen LogP contribution in [0.25, 0.3) is 0 Å². The van der Waals surface area contributed by atoms with Gasteiger partial charge in [0.1, 0.15) is 0 Å². The van der Waals surface area contributed by atoms with Crippen LogP contribution in [0, 0.1) is 0 Å². The van der Waals surface area contributed by atoms with E-state index in [0.29, 0.717) is 6.42 Å². The largest absolute Gasteiger partial charge is 0.411 e. The summed E-state index contributed by atoms with van der Waals surface area (Å²) < 4.78 is 0. The van der Waals surface area contributed by atoms with E-state index >= 15 is 0 Å². The van der Waals surface area contributed by atoms with Crippen LogP contribution < -0.4 is 0 Å². The first kappa shape index (κ1) is 6.74. The zero-order valence-corrected chi connectivity index (χ0v) is 5.44. The summed E-state index contributed by atoms with van der Waals surface area (Å²) in [6.45, 7) is 0. The van der Waals surface area contributed by atoms with Gasteiger partial charge in [0.05, 0.1) is 0 Å². The van der Waals surface area contributed by atoms with Crippen molar-refractivity contribution < 1.29 is 5.21 Å². The third kappa shape index (κ3) is 1.85. The number of aromatic nitrogens is 1. The summed E-state index contributed by atoms with van der Waals surface area (Å²) in [5.74, 6) is 0. The van der Waals surface area contributed by atoms with E-state index in [9.17, 15) is 0 Å². The number of hydrogen-bond acceptors (Lipinski definition) is 3. The highest BCUT2D eigenvalue weighted by Gasteiger charge is 1.85. The quantitative estimate of drug-likeness (QED) is 0.375. The Bertz CT molecular complexity index is 208. The zero-order valence-electron chi connectivity index (χ0n) is 5.44. The highest BCUT2D eigenvalue weighted by atomic mass is 16.4. The average Bonchev–Trinajstić information content (AvgIpc) is 2.03. The van der Waals surface area contributed by atoms with Gasteiger partial charge in [-0.3, -0.25) is 4.98 Å². The average molecular weight is 136 g/mol. The number of pyridine rings is 1. The highest BCUT2D eigenvalue weighted by Crippen LogP contribution is 1.94. The lowest BCUT2D eigenvalue weighted by Crippen LogP contribution is -1.84. The van der Waals surface area contributed by atoms with Gasteiger partial charge in [0, 0.05) is 25.0 Å². The lowest BCUT2D eigenvalue weighted by Gasteiger charge is -1.90. The molecule has 1 rings (SSSR count). The van der Waals surface area contributed by atoms with E-state index < -0.39 is 0 Å². The minimum Gasteiger partial charge on any atom is -0.411 e. The van der Waals surface area contributed by atoms with E-state index in [0.717, 1.165) is 5.56 Å². The Kier molecular flexibility index (Phi) is 2.43. The molecule has 0 atom stereocenters. The van der Waals surface area contributed by atoms with Gasteiger partial charge in [-0.25, -0.2) is 0 Å². The molecule has 3 heteroatoms. The smallest absolute Gasteiger partial charge is 0.0479 e. The molecule has 0 amide bonds. The zero-order chi connectivity index (χ0) is 7.23. The minimum absolute atomic E-state index is 0.652. The maximum atomic E-state index is 8.08. The highest BCUT2D eigenvalue weighted by molar-refractivity contribution is 5.60. The van der Waals surface area contributed by atoms with Gasteiger partial charge >= 0.3 is 0 Å². The summed E-state index contributed by atoms with van der Waals surface area (Å²) >= 11 is 0. The number of nitrogens with zero attached hydrogens (tertiary/aromatic N) is 2. The van der Waals surface area contributed by atoms with E-state index in [2.05, 4.69) is 10.1 Å². The molecule has 1 aromatic heterocycles. The van der Waals surface area contributed by atoms with Crippen LogP contribution in [0.15, 0.2) is 29.7 Å². The Hall–Kier alpha value is -1.38. The van der Waals surface area contributed by atoms with Crippen molar-refractivity contribution in [3.05, 3.63) is 30.1 Å². The molecule has 52 valence electrons. The van der Waals surface area contributed by atoms with Gasteiger partial charge in [-0.15, -0.1) is 5.16 Å². The third-order valence-corrected chi connectivity index (χ3v) is 1.16. The summed E-state index contributed by atoms with van der Waals surface area (Å²) in [6, 6.07) is 3.75. The molecule has 0 aliphatic heterocycles. The van der Waals surface area contributed by atoms with E-state index in [1.807, 2.05) is 12.1 Å². The molecular formula is C7H8N2O. The van der Waals surface area contributed by atoms with E-state index in [-0.39, 0.29) is 0 Å². The second-order valence-electron chi connectivity index (χ2n) is 1.86. The maximum Gasteiger partial charge on any atom is 0.0479 e. The van der Waals surface area contributed by atoms with Crippen LogP contribution in [-0.2, 0) is 6.42 Å². The SMILES string of the molecule is ON=CCc1ccncc1. The van der Waals surface area contributed by atoms with Crippen LogP contribution in [0.4, 0.5) is 0 Å². The number of hydrogen-bond donors (Lipinski definition) is 1. The summed E-state index contributed by atoms with van der Waals surface area (Å²) in [7, 11) is 0. The Morgan fingerprint density at radius 1 is 1.50 bits per heavy atom. The molecule has 0 aromatic carbocycles. The molecule has 0 radical (unpaired) electrons. The summed E-state index contributed by atoms with van der Waals surface area (Å²) in [6.07, 6.45) is 5.51. The van der Waals surface area contributed by atoms with Gasteiger partial charge in [-0.2, -0.15) is 0 Å². The molecule has 0 fully saturated rings. The van der Waals surface area contributed by atoms with Gasteiger partial charge in [-0.1, -0.05) is 0 Å². The molecule has 0 spiro atoms. The van der Waals surface area contributed by atoms with Gasteiger partial charge in [0.25, 0.3) is 0 Å². The maximum absolute atomic E-state index is 8.08. The van der Waals surface area contributed by atoms with E-state index in [4.69, 9.17) is 5.21 Å². The Morgan fingerprint density at radius 3 is 2.80 bits per heavy atom. The standard InChI is InChI=1S/C7H8N2O/c10-9-6-3-7-1-4-8-5-2-7/h1-2,4-6,10H,3H2. The van der Waals surface area contributed by atoms with E-state index in [1.54, 1.807) is 12.4 Å². The van der Waals surface area contributed by atoms with Crippen LogP contribution in [0.1, 0.15) is 5.56 Å². The van der Waals surface area contributed by atoms with Crippen LogP contribution in [0.2, 0.25) is 0 Å². The van der Waals surface area contributed by atoms with Crippen LogP contribution in [0.3, 0.4) is 0 Å². The molecule has 1 aromatic rings. The molecular weight excluding hydrogens is 128 g/mol. The fraction of sp³-hybridized carbons (Fsp3) is 0.143. The second-order valence-corrected chi connectivity index (χ2v) is 1.86. The Morgan fingerprint density at radius 2 is 2.20 bits per heavy atom. The molecule has 0 bridgehead atoms. The molecule has 0 aliphatic rings. The number of oxime groups is 1. The lowest BCUT2D eigenvalue weighted by molar-refractivity contribution is 0.321. The van der Waals surface area contributed by atoms with Gasteiger partial charge in [-0.05, 0) is 17.7 Å². The molecule has 0 aliphatic carbocycles. The van der Waals surface area contributed by atoms with Crippen LogP contribution >= 0.6 is 0 Å². The van der Waals surface area contributed by atoms with Crippen molar-refractivity contribution in [2.45, 2.75) is 6.42 Å². The summed E-state index contributed by atoms with van der Waals surface area (Å²) in [5.41, 5.74) is 1.09. The third-order valence-electron chi connectivity index (χ3n) is 1.16. The van der Waals surface area contributed by atoms with Crippen molar-refractivity contribution in [2.75, 3.05) is 0 Å². The molecule has 3 nitrogen and oxygen atoms in total. The molecule has 0 saturated carbocycles. The molecule has 0 unspecified atom stereocenters. The van der Waals surface area contributed by atoms with Crippen molar-refractivity contribution in [1.29, 1.82) is 0 Å². The van der Waals surface area contributed by atoms with Crippen molar-refractivity contribution in [1.82, 2.24) is 4.98 Å². The Balaban J connectivity index is 2.59. The fourth-order valence-electron chi connectivity index (χ4n) is 0.665. The van der Waals surface area contributed by atoms with Crippen molar-refractivity contribution in [2.24, 2.45) is 5.16 Å². The topological polar surface area (TPSA) is 45.5 Å². The van der Waals surface area contributed by atoms with Crippen LogP contribution in [-0.4, -0.2) is 16.4 Å². The van der Waals surface area contributed by atoms with Crippen molar-refractivity contribution in [3.63, 3.8) is 0 Å². The molecule has 10 heavy (non-hydrogen) atoms. The van der Waals surface area contributed by atoms with Gasteiger partial charge in [0.15, 0.2) is 0 Å². The first-order valence-corrected chi connectivity index (χ1v) is 2.98. The molecule has 0 saturated heterocycles. The monoisotopic (exact) mass is 136 g/mol. The van der Waals surface area contributed by atoms with Crippen molar-refractivity contribution in [3.8, 4) is 0 Å². The first-order chi connectivity index (χ1) is 4.93. The molecule has 1 N–H and O–H groups in total. The van der Waals surface area contributed by atoms with Gasteiger partial charge in [0.2, 0.25) is 0 Å². The Labute approximate surface area is 59.0 Å². The fourth-order valence-corrected chi connectivity index (χ4v) is 0.665. The predicted molar refractivity (Wildman–Crippen MR) is 38.2 cm³/mol.